The lowest BCUT2D eigenvalue weighted by atomic mass is 10.2. The molecule has 0 fully saturated rings. The zero-order valence-electron chi connectivity index (χ0n) is 11.5. The second-order valence-electron chi connectivity index (χ2n) is 4.59. The zero-order valence-corrected chi connectivity index (χ0v) is 12.3. The second kappa shape index (κ2) is 7.33. The molecule has 0 saturated carbocycles. The van der Waals surface area contributed by atoms with Crippen molar-refractivity contribution in [2.24, 2.45) is 0 Å². The average molecular weight is 288 g/mol. The van der Waals surface area contributed by atoms with Crippen molar-refractivity contribution in [2.75, 3.05) is 29.6 Å². The molecule has 1 rings (SSSR count). The molecule has 1 unspecified atom stereocenters. The second-order valence-corrected chi connectivity index (χ2v) is 6.15. The normalized spacial score (nSPS) is 12.5. The summed E-state index contributed by atoms with van der Waals surface area (Å²) in [5.74, 6) is 0.348. The number of nitrogen functional groups attached to an aromatic ring is 1. The molecule has 19 heavy (non-hydrogen) atoms. The highest BCUT2D eigenvalue weighted by Crippen LogP contribution is 2.28. The van der Waals surface area contributed by atoms with E-state index in [0.717, 1.165) is 6.42 Å². The number of hydrogen-bond donors (Lipinski definition) is 2. The Kier molecular flexibility index (Phi) is 6.08. The van der Waals surface area contributed by atoms with Crippen molar-refractivity contribution >= 4 is 22.2 Å². The SMILES string of the molecule is CC(C)Oc1cc(NCCCS(C)=O)c(N)cc1F. The summed E-state index contributed by atoms with van der Waals surface area (Å²) in [5.41, 5.74) is 6.72. The van der Waals surface area contributed by atoms with Crippen LogP contribution in [0.25, 0.3) is 0 Å². The standard InChI is InChI=1S/C13H21FN2O2S/c1-9(2)18-13-8-12(11(15)7-10(13)14)16-5-4-6-19(3)17/h7-9,16H,4-6,15H2,1-3H3. The minimum atomic E-state index is -0.801. The quantitative estimate of drug-likeness (QED) is 0.597. The Morgan fingerprint density at radius 1 is 1.47 bits per heavy atom. The summed E-state index contributed by atoms with van der Waals surface area (Å²) in [4.78, 5) is 0. The molecule has 108 valence electrons. The van der Waals surface area contributed by atoms with E-state index >= 15 is 0 Å². The molecule has 0 aliphatic carbocycles. The zero-order chi connectivity index (χ0) is 14.4. The van der Waals surface area contributed by atoms with E-state index in [1.54, 1.807) is 12.3 Å². The largest absolute Gasteiger partial charge is 0.488 e. The van der Waals surface area contributed by atoms with Crippen LogP contribution in [0.1, 0.15) is 20.3 Å². The molecule has 0 aliphatic rings. The van der Waals surface area contributed by atoms with E-state index < -0.39 is 16.6 Å². The third-order valence-electron chi connectivity index (χ3n) is 2.39. The van der Waals surface area contributed by atoms with E-state index in [1.165, 1.54) is 6.07 Å². The Balaban J connectivity index is 2.69. The number of nitrogens with one attached hydrogen (secondary N) is 1. The monoisotopic (exact) mass is 288 g/mol. The van der Waals surface area contributed by atoms with Gasteiger partial charge in [-0.25, -0.2) is 4.39 Å². The summed E-state index contributed by atoms with van der Waals surface area (Å²) in [6.07, 6.45) is 2.33. The van der Waals surface area contributed by atoms with E-state index in [2.05, 4.69) is 5.32 Å². The predicted molar refractivity (Wildman–Crippen MR) is 78.6 cm³/mol. The number of rotatable bonds is 7. The summed E-state index contributed by atoms with van der Waals surface area (Å²) in [6, 6.07) is 2.81. The molecule has 1 atom stereocenters. The highest BCUT2D eigenvalue weighted by molar-refractivity contribution is 7.84. The van der Waals surface area contributed by atoms with Gasteiger partial charge >= 0.3 is 0 Å². The Bertz CT molecular complexity index is 453. The molecule has 1 aromatic carbocycles. The Morgan fingerprint density at radius 2 is 2.16 bits per heavy atom. The summed E-state index contributed by atoms with van der Waals surface area (Å²) in [5, 5.41) is 3.10. The molecular formula is C13H21FN2O2S. The van der Waals surface area contributed by atoms with Gasteiger partial charge in [0, 0.05) is 41.5 Å². The lowest BCUT2D eigenvalue weighted by Gasteiger charge is -2.15. The van der Waals surface area contributed by atoms with Crippen molar-refractivity contribution in [3.63, 3.8) is 0 Å². The fourth-order valence-electron chi connectivity index (χ4n) is 1.56. The molecule has 0 bridgehead atoms. The average Bonchev–Trinajstić information content (AvgIpc) is 2.29. The van der Waals surface area contributed by atoms with Crippen molar-refractivity contribution in [1.29, 1.82) is 0 Å². The number of anilines is 2. The molecule has 0 heterocycles. The summed E-state index contributed by atoms with van der Waals surface area (Å²) in [7, 11) is -0.801. The van der Waals surface area contributed by atoms with Gasteiger partial charge in [-0.3, -0.25) is 4.21 Å². The van der Waals surface area contributed by atoms with Crippen LogP contribution in [0, 0.1) is 5.82 Å². The number of ether oxygens (including phenoxy) is 1. The van der Waals surface area contributed by atoms with Gasteiger partial charge in [-0.1, -0.05) is 0 Å². The van der Waals surface area contributed by atoms with Crippen LogP contribution in [0.5, 0.6) is 5.75 Å². The van der Waals surface area contributed by atoms with Crippen molar-refractivity contribution in [3.05, 3.63) is 17.9 Å². The fourth-order valence-corrected chi connectivity index (χ4v) is 2.12. The van der Waals surface area contributed by atoms with Crippen LogP contribution in [0.15, 0.2) is 12.1 Å². The molecule has 0 radical (unpaired) electrons. The Morgan fingerprint density at radius 3 is 2.74 bits per heavy atom. The fraction of sp³-hybridized carbons (Fsp3) is 0.538. The number of nitrogens with two attached hydrogens (primary N) is 1. The van der Waals surface area contributed by atoms with E-state index in [1.807, 2.05) is 13.8 Å². The van der Waals surface area contributed by atoms with E-state index in [-0.39, 0.29) is 11.9 Å². The number of halogens is 1. The highest BCUT2D eigenvalue weighted by Gasteiger charge is 2.10. The smallest absolute Gasteiger partial charge is 0.167 e. The van der Waals surface area contributed by atoms with Gasteiger partial charge < -0.3 is 15.8 Å². The molecule has 0 amide bonds. The molecule has 0 spiro atoms. The van der Waals surface area contributed by atoms with Gasteiger partial charge in [0.15, 0.2) is 11.6 Å². The molecule has 3 N–H and O–H groups in total. The first-order valence-electron chi connectivity index (χ1n) is 6.19. The lowest BCUT2D eigenvalue weighted by Crippen LogP contribution is -2.10. The topological polar surface area (TPSA) is 64.3 Å². The van der Waals surface area contributed by atoms with Gasteiger partial charge in [0.1, 0.15) is 0 Å². The third-order valence-corrected chi connectivity index (χ3v) is 3.25. The predicted octanol–water partition coefficient (Wildman–Crippen LogP) is 2.38. The van der Waals surface area contributed by atoms with Crippen LogP contribution < -0.4 is 15.8 Å². The van der Waals surface area contributed by atoms with Crippen LogP contribution in [-0.2, 0) is 10.8 Å². The summed E-state index contributed by atoms with van der Waals surface area (Å²) in [6.45, 7) is 4.30. The number of benzene rings is 1. The van der Waals surface area contributed by atoms with Crippen LogP contribution in [-0.4, -0.2) is 28.9 Å². The van der Waals surface area contributed by atoms with Crippen LogP contribution >= 0.6 is 0 Å². The van der Waals surface area contributed by atoms with Gasteiger partial charge in [0.05, 0.1) is 17.5 Å². The first-order valence-corrected chi connectivity index (χ1v) is 7.92. The molecule has 6 heteroatoms. The molecule has 0 aromatic heterocycles. The maximum Gasteiger partial charge on any atom is 0.167 e. The lowest BCUT2D eigenvalue weighted by molar-refractivity contribution is 0.231. The molecule has 0 saturated heterocycles. The minimum Gasteiger partial charge on any atom is -0.488 e. The first kappa shape index (κ1) is 15.8. The number of hydrogen-bond acceptors (Lipinski definition) is 4. The molecule has 4 nitrogen and oxygen atoms in total. The first-order chi connectivity index (χ1) is 8.90. The molecule has 1 aromatic rings. The van der Waals surface area contributed by atoms with Crippen LogP contribution in [0.2, 0.25) is 0 Å². The van der Waals surface area contributed by atoms with Crippen LogP contribution in [0.4, 0.5) is 15.8 Å². The van der Waals surface area contributed by atoms with Gasteiger partial charge in [-0.15, -0.1) is 0 Å². The maximum absolute atomic E-state index is 13.6. The highest BCUT2D eigenvalue weighted by atomic mass is 32.2. The Labute approximate surface area is 116 Å². The van der Waals surface area contributed by atoms with E-state index in [0.29, 0.717) is 23.7 Å². The summed E-state index contributed by atoms with van der Waals surface area (Å²) >= 11 is 0. The minimum absolute atomic E-state index is 0.103. The molecular weight excluding hydrogens is 267 g/mol. The van der Waals surface area contributed by atoms with Gasteiger partial charge in [-0.05, 0) is 20.3 Å². The van der Waals surface area contributed by atoms with Crippen molar-refractivity contribution in [3.8, 4) is 5.75 Å². The van der Waals surface area contributed by atoms with Crippen LogP contribution in [0.3, 0.4) is 0 Å². The maximum atomic E-state index is 13.6. The van der Waals surface area contributed by atoms with Crippen molar-refractivity contribution in [2.45, 2.75) is 26.4 Å². The van der Waals surface area contributed by atoms with Crippen molar-refractivity contribution in [1.82, 2.24) is 0 Å². The van der Waals surface area contributed by atoms with Crippen molar-refractivity contribution < 1.29 is 13.3 Å². The molecule has 0 aliphatic heterocycles. The van der Waals surface area contributed by atoms with Gasteiger partial charge in [-0.2, -0.15) is 0 Å². The van der Waals surface area contributed by atoms with Gasteiger partial charge in [0.25, 0.3) is 0 Å². The van der Waals surface area contributed by atoms with E-state index in [9.17, 15) is 8.60 Å². The van der Waals surface area contributed by atoms with E-state index in [4.69, 9.17) is 10.5 Å². The van der Waals surface area contributed by atoms with Gasteiger partial charge in [0.2, 0.25) is 0 Å². The summed E-state index contributed by atoms with van der Waals surface area (Å²) < 4.78 is 29.9. The Hall–Kier alpha value is -1.30. The third kappa shape index (κ3) is 5.46.